The Balaban J connectivity index is 0.00000456. The first-order valence-electron chi connectivity index (χ1n) is 10.5. The molecule has 0 saturated carbocycles. The number of carboxylic acid groups (broad SMARTS) is 1. The fourth-order valence-electron chi connectivity index (χ4n) is 3.22. The van der Waals surface area contributed by atoms with Crippen LogP contribution in [0.4, 0.5) is 5.69 Å². The molecule has 11 nitrogen and oxygen atoms in total. The van der Waals surface area contributed by atoms with Gasteiger partial charge in [-0.15, -0.1) is 0 Å². The molecule has 184 valence electrons. The Morgan fingerprint density at radius 2 is 1.94 bits per heavy atom. The number of carbonyl (C=O) groups excluding carboxylic acids is 1. The second kappa shape index (κ2) is 13.5. The third-order valence-corrected chi connectivity index (χ3v) is 5.90. The van der Waals surface area contributed by atoms with E-state index >= 15 is 0 Å². The predicted molar refractivity (Wildman–Crippen MR) is 125 cm³/mol. The van der Waals surface area contributed by atoms with Gasteiger partial charge in [-0.25, -0.2) is 14.8 Å². The maximum absolute atomic E-state index is 12.6. The second-order valence-corrected chi connectivity index (χ2v) is 8.59. The molecule has 0 bridgehead atoms. The Hall–Kier alpha value is -2.79. The molecule has 3 atom stereocenters. The van der Waals surface area contributed by atoms with Crippen molar-refractivity contribution in [2.45, 2.75) is 26.7 Å². The molecule has 2 N–H and O–H groups in total. The Morgan fingerprint density at radius 1 is 1.22 bits per heavy atom. The second-order valence-electron chi connectivity index (χ2n) is 7.75. The van der Waals surface area contributed by atoms with Gasteiger partial charge in [0, 0.05) is 5.56 Å². The number of aromatic amines is 1. The van der Waals surface area contributed by atoms with Crippen molar-refractivity contribution in [1.82, 2.24) is 15.2 Å². The van der Waals surface area contributed by atoms with Crippen molar-refractivity contribution >= 4 is 22.9 Å². The number of carbonyl (C=O) groups is 1. The van der Waals surface area contributed by atoms with E-state index in [1.54, 1.807) is 24.3 Å². The maximum atomic E-state index is 12.6. The van der Waals surface area contributed by atoms with E-state index in [4.69, 9.17) is 9.07 Å². The smallest absolute Gasteiger partial charge is 0.549 e. The summed E-state index contributed by atoms with van der Waals surface area (Å²) in [5.41, 5.74) is 3.64. The van der Waals surface area contributed by atoms with Crippen molar-refractivity contribution in [2.24, 2.45) is 5.92 Å². The van der Waals surface area contributed by atoms with Crippen LogP contribution < -0.4 is 43.6 Å². The van der Waals surface area contributed by atoms with Gasteiger partial charge in [-0.2, -0.15) is 14.6 Å². The zero-order chi connectivity index (χ0) is 25.5. The van der Waals surface area contributed by atoms with Crippen LogP contribution in [0.1, 0.15) is 28.4 Å². The molecule has 2 aromatic carbocycles. The molecule has 1 heterocycles. The van der Waals surface area contributed by atoms with E-state index in [9.17, 15) is 19.4 Å². The normalized spacial score (nSPS) is 13.1. The molecule has 0 amide bonds. The Labute approximate surface area is 233 Å². The summed E-state index contributed by atoms with van der Waals surface area (Å²) in [5, 5.41) is 27.7. The van der Waals surface area contributed by atoms with Crippen LogP contribution in [-0.2, 0) is 25.8 Å². The van der Waals surface area contributed by atoms with E-state index in [1.807, 2.05) is 39.0 Å². The standard InChI is InChI=1S/C23H25N5O6S.Na/c1-13-5-6-15(3)19(9-13)34-35(31)28-18-10-16(8-7-14(18)2)21-25-22(27-26-21)20(23(29)30)17(11-24)12-33-32-4;/h5-10,17,20,28H,12H2,1-4H3,(H,29,30)(H,25,26,27);/q;+1/p-1. The van der Waals surface area contributed by atoms with Gasteiger partial charge in [-0.3, -0.25) is 9.82 Å². The molecule has 0 fully saturated rings. The summed E-state index contributed by atoms with van der Waals surface area (Å²) in [6.45, 7) is 5.29. The quantitative estimate of drug-likeness (QED) is 0.183. The number of nitriles is 1. The van der Waals surface area contributed by atoms with Gasteiger partial charge in [0.25, 0.3) is 0 Å². The predicted octanol–water partition coefficient (Wildman–Crippen LogP) is -0.978. The monoisotopic (exact) mass is 521 g/mol. The number of aromatic nitrogens is 3. The van der Waals surface area contributed by atoms with Crippen LogP contribution >= 0.6 is 0 Å². The molecule has 0 radical (unpaired) electrons. The van der Waals surface area contributed by atoms with E-state index in [2.05, 4.69) is 24.8 Å². The number of hydrogen-bond donors (Lipinski definition) is 2. The fraction of sp³-hybridized carbons (Fsp3) is 0.304. The summed E-state index contributed by atoms with van der Waals surface area (Å²) >= 11 is -1.88. The molecule has 0 aliphatic rings. The van der Waals surface area contributed by atoms with Crippen molar-refractivity contribution < 1.29 is 57.6 Å². The van der Waals surface area contributed by atoms with Gasteiger partial charge in [-0.05, 0) is 49.6 Å². The van der Waals surface area contributed by atoms with Crippen molar-refractivity contribution in [1.29, 1.82) is 5.26 Å². The largest absolute Gasteiger partial charge is 1.00 e. The van der Waals surface area contributed by atoms with E-state index in [-0.39, 0.29) is 47.8 Å². The molecule has 3 rings (SSSR count). The van der Waals surface area contributed by atoms with E-state index in [0.717, 1.165) is 16.7 Å². The minimum Gasteiger partial charge on any atom is -0.549 e. The molecule has 0 aliphatic carbocycles. The number of aliphatic carboxylic acids is 1. The topological polar surface area (TPSA) is 162 Å². The van der Waals surface area contributed by atoms with Gasteiger partial charge in [0.15, 0.2) is 5.82 Å². The Morgan fingerprint density at radius 3 is 2.61 bits per heavy atom. The van der Waals surface area contributed by atoms with Gasteiger partial charge in [0.05, 0.1) is 43.3 Å². The average molecular weight is 522 g/mol. The van der Waals surface area contributed by atoms with E-state index in [0.29, 0.717) is 17.0 Å². The Bertz CT molecular complexity index is 1280. The van der Waals surface area contributed by atoms with Gasteiger partial charge >= 0.3 is 40.8 Å². The summed E-state index contributed by atoms with van der Waals surface area (Å²) in [4.78, 5) is 25.2. The molecule has 0 saturated heterocycles. The van der Waals surface area contributed by atoms with E-state index < -0.39 is 29.1 Å². The zero-order valence-corrected chi connectivity index (χ0v) is 23.3. The fourth-order valence-corrected chi connectivity index (χ4v) is 4.00. The average Bonchev–Trinajstić information content (AvgIpc) is 3.29. The zero-order valence-electron chi connectivity index (χ0n) is 20.5. The number of benzene rings is 2. The van der Waals surface area contributed by atoms with Gasteiger partial charge < -0.3 is 14.1 Å². The maximum Gasteiger partial charge on any atom is 1.00 e. The molecule has 36 heavy (non-hydrogen) atoms. The molecule has 0 aliphatic heterocycles. The number of aryl methyl sites for hydroxylation is 3. The third-order valence-electron chi connectivity index (χ3n) is 5.18. The van der Waals surface area contributed by atoms with E-state index in [1.165, 1.54) is 7.11 Å². The number of rotatable bonds is 11. The summed E-state index contributed by atoms with van der Waals surface area (Å²) in [7, 11) is 1.25. The van der Waals surface area contributed by atoms with Crippen LogP contribution in [0.15, 0.2) is 36.4 Å². The molecule has 0 spiro atoms. The van der Waals surface area contributed by atoms with Crippen molar-refractivity contribution in [3.05, 3.63) is 58.9 Å². The molecule has 3 aromatic rings. The van der Waals surface area contributed by atoms with Crippen LogP contribution in [0.3, 0.4) is 0 Å². The SMILES string of the molecule is COOCC(C#N)C(C(=O)[O-])c1nc(-c2ccc(C)c(NS(=O)Oc3cc(C)ccc3C)c2)n[nH]1.[Na+]. The minimum absolute atomic E-state index is 0. The van der Waals surface area contributed by atoms with Gasteiger partial charge in [-0.1, -0.05) is 24.3 Å². The van der Waals surface area contributed by atoms with Gasteiger partial charge in [0.2, 0.25) is 0 Å². The summed E-state index contributed by atoms with van der Waals surface area (Å²) < 4.78 is 21.0. The first-order chi connectivity index (χ1) is 16.7. The van der Waals surface area contributed by atoms with Crippen LogP contribution in [-0.4, -0.2) is 39.1 Å². The summed E-state index contributed by atoms with van der Waals surface area (Å²) in [6, 6.07) is 12.6. The van der Waals surface area contributed by atoms with Crippen molar-refractivity contribution in [2.75, 3.05) is 18.4 Å². The van der Waals surface area contributed by atoms with Gasteiger partial charge in [0.1, 0.15) is 11.6 Å². The Kier molecular flexibility index (Phi) is 11.0. The third kappa shape index (κ3) is 7.36. The molecular weight excluding hydrogens is 497 g/mol. The van der Waals surface area contributed by atoms with Crippen LogP contribution in [0.5, 0.6) is 5.75 Å². The summed E-state index contributed by atoms with van der Waals surface area (Å²) in [5.74, 6) is -3.44. The molecule has 3 unspecified atom stereocenters. The van der Waals surface area contributed by atoms with Crippen LogP contribution in [0, 0.1) is 38.0 Å². The van der Waals surface area contributed by atoms with Crippen LogP contribution in [0.2, 0.25) is 0 Å². The number of nitrogens with one attached hydrogen (secondary N) is 2. The minimum atomic E-state index is -1.88. The summed E-state index contributed by atoms with van der Waals surface area (Å²) in [6.07, 6.45) is 0. The number of H-pyrrole nitrogens is 1. The number of nitrogens with zero attached hydrogens (tertiary/aromatic N) is 3. The number of carboxylic acids is 1. The first-order valence-corrected chi connectivity index (χ1v) is 11.5. The molecule has 1 aromatic heterocycles. The first kappa shape index (κ1) is 29.4. The number of hydrogen-bond acceptors (Lipinski definition) is 9. The van der Waals surface area contributed by atoms with Crippen molar-refractivity contribution in [3.8, 4) is 23.2 Å². The molecule has 13 heteroatoms. The number of anilines is 1. The van der Waals surface area contributed by atoms with Crippen LogP contribution in [0.25, 0.3) is 11.4 Å². The van der Waals surface area contributed by atoms with Crippen molar-refractivity contribution in [3.63, 3.8) is 0 Å². The molecular formula is C23H24N5NaO6S.